The third-order valence-corrected chi connectivity index (χ3v) is 5.02. The summed E-state index contributed by atoms with van der Waals surface area (Å²) in [7, 11) is 4.06. The fourth-order valence-corrected chi connectivity index (χ4v) is 3.62. The third-order valence-electron chi connectivity index (χ3n) is 5.02. The van der Waals surface area contributed by atoms with Crippen LogP contribution in [0.25, 0.3) is 0 Å². The van der Waals surface area contributed by atoms with Crippen molar-refractivity contribution in [1.82, 2.24) is 19.7 Å². The van der Waals surface area contributed by atoms with E-state index in [-0.39, 0.29) is 0 Å². The topological polar surface area (TPSA) is 43.2 Å². The van der Waals surface area contributed by atoms with Gasteiger partial charge in [0, 0.05) is 25.1 Å². The minimum absolute atomic E-state index is 0.325. The molecule has 0 aromatic carbocycles. The smallest absolute Gasteiger partial charge is 0.137 e. The number of hydrogen-bond donors (Lipinski definition) is 0. The van der Waals surface area contributed by atoms with E-state index in [9.17, 15) is 0 Å². The Bertz CT molecular complexity index is 375. The normalized spacial score (nSPS) is 25.5. The van der Waals surface area contributed by atoms with E-state index in [1.807, 2.05) is 11.8 Å². The molecule has 1 aliphatic carbocycles. The maximum absolute atomic E-state index is 5.66. The second-order valence-electron chi connectivity index (χ2n) is 5.56. The SMILES string of the molecule is CCC1(CC)[C@@H](OC)C[C@@H]1N(C)CCn1cncn1. The van der Waals surface area contributed by atoms with Crippen molar-refractivity contribution in [3.05, 3.63) is 12.7 Å². The summed E-state index contributed by atoms with van der Waals surface area (Å²) in [4.78, 5) is 6.44. The first-order valence-corrected chi connectivity index (χ1v) is 7.23. The first kappa shape index (κ1) is 14.5. The lowest BCUT2D eigenvalue weighted by Gasteiger charge is -2.58. The molecule has 2 rings (SSSR count). The Balaban J connectivity index is 1.93. The zero-order chi connectivity index (χ0) is 13.9. The second-order valence-corrected chi connectivity index (χ2v) is 5.56. The number of hydrogen-bond acceptors (Lipinski definition) is 4. The molecule has 5 heteroatoms. The highest BCUT2D eigenvalue weighted by Gasteiger charge is 2.54. The van der Waals surface area contributed by atoms with Crippen molar-refractivity contribution in [3.63, 3.8) is 0 Å². The predicted molar refractivity (Wildman–Crippen MR) is 74.9 cm³/mol. The molecule has 108 valence electrons. The average Bonchev–Trinajstić information content (AvgIpc) is 2.90. The summed E-state index contributed by atoms with van der Waals surface area (Å²) in [6, 6.07) is 0.621. The number of aromatic nitrogens is 3. The highest BCUT2D eigenvalue weighted by molar-refractivity contribution is 5.06. The van der Waals surface area contributed by atoms with Gasteiger partial charge in [0.25, 0.3) is 0 Å². The fraction of sp³-hybridized carbons (Fsp3) is 0.857. The number of likely N-dealkylation sites (N-methyl/N-ethyl adjacent to an activating group) is 1. The highest BCUT2D eigenvalue weighted by Crippen LogP contribution is 2.50. The van der Waals surface area contributed by atoms with Crippen LogP contribution in [0.1, 0.15) is 33.1 Å². The molecule has 0 spiro atoms. The molecule has 1 heterocycles. The van der Waals surface area contributed by atoms with E-state index in [2.05, 4.69) is 35.9 Å². The molecule has 0 bridgehead atoms. The lowest BCUT2D eigenvalue weighted by Crippen LogP contribution is -2.63. The summed E-state index contributed by atoms with van der Waals surface area (Å²) < 4.78 is 7.55. The first-order valence-electron chi connectivity index (χ1n) is 7.23. The second kappa shape index (κ2) is 6.01. The first-order chi connectivity index (χ1) is 9.17. The number of methoxy groups -OCH3 is 1. The fourth-order valence-electron chi connectivity index (χ4n) is 3.62. The minimum Gasteiger partial charge on any atom is -0.381 e. The summed E-state index contributed by atoms with van der Waals surface area (Å²) in [6.07, 6.45) is 7.29. The Morgan fingerprint density at radius 1 is 1.42 bits per heavy atom. The lowest BCUT2D eigenvalue weighted by atomic mass is 9.58. The molecule has 19 heavy (non-hydrogen) atoms. The van der Waals surface area contributed by atoms with Crippen molar-refractivity contribution in [2.24, 2.45) is 5.41 Å². The van der Waals surface area contributed by atoms with Crippen LogP contribution in [0.15, 0.2) is 12.7 Å². The summed E-state index contributed by atoms with van der Waals surface area (Å²) >= 11 is 0. The number of nitrogens with zero attached hydrogens (tertiary/aromatic N) is 4. The van der Waals surface area contributed by atoms with E-state index >= 15 is 0 Å². The van der Waals surface area contributed by atoms with Gasteiger partial charge in [-0.3, -0.25) is 4.68 Å². The average molecular weight is 266 g/mol. The summed E-state index contributed by atoms with van der Waals surface area (Å²) in [5, 5.41) is 4.15. The Morgan fingerprint density at radius 3 is 2.68 bits per heavy atom. The van der Waals surface area contributed by atoms with Gasteiger partial charge in [-0.1, -0.05) is 13.8 Å². The molecule has 0 saturated heterocycles. The van der Waals surface area contributed by atoms with Gasteiger partial charge in [0.1, 0.15) is 12.7 Å². The minimum atomic E-state index is 0.325. The van der Waals surface area contributed by atoms with Crippen LogP contribution >= 0.6 is 0 Å². The van der Waals surface area contributed by atoms with Crippen molar-refractivity contribution < 1.29 is 4.74 Å². The quantitative estimate of drug-likeness (QED) is 0.755. The van der Waals surface area contributed by atoms with E-state index < -0.39 is 0 Å². The van der Waals surface area contributed by atoms with Crippen molar-refractivity contribution >= 4 is 0 Å². The molecule has 0 unspecified atom stereocenters. The molecule has 2 atom stereocenters. The molecule has 1 aliphatic rings. The van der Waals surface area contributed by atoms with Gasteiger partial charge in [0.05, 0.1) is 12.6 Å². The summed E-state index contributed by atoms with van der Waals surface area (Å²) in [5.74, 6) is 0. The van der Waals surface area contributed by atoms with Gasteiger partial charge >= 0.3 is 0 Å². The van der Waals surface area contributed by atoms with Crippen LogP contribution in [0, 0.1) is 5.41 Å². The Labute approximate surface area is 116 Å². The van der Waals surface area contributed by atoms with Gasteiger partial charge < -0.3 is 9.64 Å². The molecule has 1 saturated carbocycles. The highest BCUT2D eigenvalue weighted by atomic mass is 16.5. The summed E-state index contributed by atoms with van der Waals surface area (Å²) in [6.45, 7) is 6.47. The van der Waals surface area contributed by atoms with Crippen LogP contribution in [-0.2, 0) is 11.3 Å². The lowest BCUT2D eigenvalue weighted by molar-refractivity contribution is -0.156. The molecule has 1 aromatic heterocycles. The summed E-state index contributed by atoms with van der Waals surface area (Å²) in [5.41, 5.74) is 0.325. The molecule has 0 aliphatic heterocycles. The van der Waals surface area contributed by atoms with E-state index in [1.165, 1.54) is 12.8 Å². The number of ether oxygens (including phenoxy) is 1. The van der Waals surface area contributed by atoms with Gasteiger partial charge in [-0.05, 0) is 26.3 Å². The van der Waals surface area contributed by atoms with Gasteiger partial charge in [-0.15, -0.1) is 0 Å². The van der Waals surface area contributed by atoms with Crippen molar-refractivity contribution in [1.29, 1.82) is 0 Å². The molecule has 1 aromatic rings. The molecular weight excluding hydrogens is 240 g/mol. The third kappa shape index (κ3) is 2.54. The predicted octanol–water partition coefficient (Wildman–Crippen LogP) is 1.80. The Morgan fingerprint density at radius 2 is 2.16 bits per heavy atom. The van der Waals surface area contributed by atoms with E-state index in [4.69, 9.17) is 4.74 Å². The van der Waals surface area contributed by atoms with Crippen molar-refractivity contribution in [3.8, 4) is 0 Å². The zero-order valence-corrected chi connectivity index (χ0v) is 12.5. The zero-order valence-electron chi connectivity index (χ0n) is 12.5. The van der Waals surface area contributed by atoms with Crippen LogP contribution in [0.5, 0.6) is 0 Å². The molecule has 5 nitrogen and oxygen atoms in total. The van der Waals surface area contributed by atoms with Crippen molar-refractivity contribution in [2.45, 2.75) is 51.8 Å². The van der Waals surface area contributed by atoms with E-state index in [0.717, 1.165) is 19.5 Å². The van der Waals surface area contributed by atoms with Crippen LogP contribution < -0.4 is 0 Å². The largest absolute Gasteiger partial charge is 0.381 e. The molecule has 0 amide bonds. The van der Waals surface area contributed by atoms with Crippen LogP contribution in [-0.4, -0.2) is 52.5 Å². The number of rotatable bonds is 7. The molecule has 0 radical (unpaired) electrons. The van der Waals surface area contributed by atoms with E-state index in [0.29, 0.717) is 17.6 Å². The molecular formula is C14H26N4O. The van der Waals surface area contributed by atoms with Crippen LogP contribution in [0.4, 0.5) is 0 Å². The van der Waals surface area contributed by atoms with Gasteiger partial charge in [0.15, 0.2) is 0 Å². The maximum Gasteiger partial charge on any atom is 0.137 e. The van der Waals surface area contributed by atoms with Crippen molar-refractivity contribution in [2.75, 3.05) is 20.7 Å². The van der Waals surface area contributed by atoms with Gasteiger partial charge in [-0.2, -0.15) is 5.10 Å². The standard InChI is InChI=1S/C14H26N4O/c1-5-14(6-2)12(9-13(14)19-4)17(3)7-8-18-11-15-10-16-18/h10-13H,5-9H2,1-4H3/t12-,13-/m0/s1. The van der Waals surface area contributed by atoms with E-state index in [1.54, 1.807) is 12.7 Å². The monoisotopic (exact) mass is 266 g/mol. The molecule has 0 N–H and O–H groups in total. The Kier molecular flexibility index (Phi) is 4.58. The van der Waals surface area contributed by atoms with Crippen LogP contribution in [0.2, 0.25) is 0 Å². The molecule has 1 fully saturated rings. The van der Waals surface area contributed by atoms with Gasteiger partial charge in [-0.25, -0.2) is 4.98 Å². The Hall–Kier alpha value is -0.940. The van der Waals surface area contributed by atoms with Gasteiger partial charge in [0.2, 0.25) is 0 Å². The van der Waals surface area contributed by atoms with Crippen LogP contribution in [0.3, 0.4) is 0 Å². The maximum atomic E-state index is 5.66.